The fourth-order valence-electron chi connectivity index (χ4n) is 2.17. The van der Waals surface area contributed by atoms with Crippen LogP contribution < -0.4 is 0 Å². The first-order chi connectivity index (χ1) is 9.50. The maximum atomic E-state index is 12.0. The molecule has 0 heterocycles. The van der Waals surface area contributed by atoms with E-state index in [-0.39, 0.29) is 17.6 Å². The quantitative estimate of drug-likeness (QED) is 0.471. The highest BCUT2D eigenvalue weighted by Crippen LogP contribution is 2.34. The van der Waals surface area contributed by atoms with Gasteiger partial charge in [0.15, 0.2) is 0 Å². The van der Waals surface area contributed by atoms with Crippen LogP contribution in [0.3, 0.4) is 0 Å². The number of nitro groups is 1. The van der Waals surface area contributed by atoms with Crippen molar-refractivity contribution < 1.29 is 9.72 Å². The molecule has 0 aromatic heterocycles. The van der Waals surface area contributed by atoms with E-state index in [0.717, 1.165) is 0 Å². The Kier molecular flexibility index (Phi) is 4.17. The number of rotatable bonds is 5. The van der Waals surface area contributed by atoms with Crippen LogP contribution >= 0.6 is 0 Å². The topological polar surface area (TPSA) is 63.5 Å². The van der Waals surface area contributed by atoms with Crippen LogP contribution in [-0.4, -0.2) is 28.8 Å². The minimum absolute atomic E-state index is 0.00874. The molecular weight excluding hydrogens is 256 g/mol. The van der Waals surface area contributed by atoms with Crippen molar-refractivity contribution in [3.05, 3.63) is 46.0 Å². The Hall–Kier alpha value is -2.17. The fourth-order valence-corrected chi connectivity index (χ4v) is 2.17. The predicted molar refractivity (Wildman–Crippen MR) is 77.1 cm³/mol. The first-order valence-electron chi connectivity index (χ1n) is 6.69. The summed E-state index contributed by atoms with van der Waals surface area (Å²) in [6.07, 6.45) is 5.26. The van der Waals surface area contributed by atoms with Gasteiger partial charge >= 0.3 is 0 Å². The second-order valence-corrected chi connectivity index (χ2v) is 5.18. The number of hydrogen-bond donors (Lipinski definition) is 0. The summed E-state index contributed by atoms with van der Waals surface area (Å²) in [5.74, 6) is 0.478. The lowest BCUT2D eigenvalue weighted by Crippen LogP contribution is -2.35. The van der Waals surface area contributed by atoms with E-state index >= 15 is 0 Å². The number of nitro benzene ring substituents is 1. The van der Waals surface area contributed by atoms with Gasteiger partial charge in [-0.05, 0) is 37.8 Å². The molecule has 0 spiro atoms. The Morgan fingerprint density at radius 3 is 2.70 bits per heavy atom. The van der Waals surface area contributed by atoms with Gasteiger partial charge in [0.25, 0.3) is 5.69 Å². The second kappa shape index (κ2) is 5.86. The van der Waals surface area contributed by atoms with E-state index in [1.165, 1.54) is 31.1 Å². The molecule has 1 atom stereocenters. The van der Waals surface area contributed by atoms with Crippen LogP contribution in [-0.2, 0) is 4.79 Å². The molecule has 2 rings (SSSR count). The molecule has 0 aliphatic heterocycles. The monoisotopic (exact) mass is 274 g/mol. The molecular formula is C15H18N2O3. The largest absolute Gasteiger partial charge is 0.339 e. The molecule has 106 valence electrons. The van der Waals surface area contributed by atoms with E-state index in [1.807, 2.05) is 6.92 Å². The van der Waals surface area contributed by atoms with Crippen molar-refractivity contribution in [1.29, 1.82) is 0 Å². The number of likely N-dealkylation sites (N-methyl/N-ethyl adjacent to an activating group) is 1. The lowest BCUT2D eigenvalue weighted by molar-refractivity contribution is -0.385. The third-order valence-corrected chi connectivity index (χ3v) is 3.80. The zero-order valence-corrected chi connectivity index (χ0v) is 11.7. The molecule has 20 heavy (non-hydrogen) atoms. The van der Waals surface area contributed by atoms with Gasteiger partial charge < -0.3 is 4.90 Å². The molecule has 5 heteroatoms. The molecule has 1 aromatic carbocycles. The van der Waals surface area contributed by atoms with Crippen LogP contribution in [0, 0.1) is 16.0 Å². The van der Waals surface area contributed by atoms with E-state index in [0.29, 0.717) is 11.5 Å². The van der Waals surface area contributed by atoms with Gasteiger partial charge in [0.2, 0.25) is 5.91 Å². The van der Waals surface area contributed by atoms with Crippen molar-refractivity contribution in [2.75, 3.05) is 7.05 Å². The molecule has 1 unspecified atom stereocenters. The van der Waals surface area contributed by atoms with Crippen LogP contribution in [0.5, 0.6) is 0 Å². The van der Waals surface area contributed by atoms with Crippen molar-refractivity contribution in [3.8, 4) is 0 Å². The molecule has 0 radical (unpaired) electrons. The number of para-hydroxylation sites is 1. The summed E-state index contributed by atoms with van der Waals surface area (Å²) in [5.41, 5.74) is 0.452. The van der Waals surface area contributed by atoms with Crippen LogP contribution in [0.15, 0.2) is 30.3 Å². The first-order valence-corrected chi connectivity index (χ1v) is 6.69. The summed E-state index contributed by atoms with van der Waals surface area (Å²) in [4.78, 5) is 24.2. The Morgan fingerprint density at radius 2 is 2.10 bits per heavy atom. The zero-order chi connectivity index (χ0) is 14.7. The molecule has 1 amide bonds. The molecule has 1 aliphatic carbocycles. The van der Waals surface area contributed by atoms with Crippen LogP contribution in [0.4, 0.5) is 5.69 Å². The van der Waals surface area contributed by atoms with E-state index in [4.69, 9.17) is 0 Å². The fraction of sp³-hybridized carbons (Fsp3) is 0.400. The molecule has 0 saturated heterocycles. The summed E-state index contributed by atoms with van der Waals surface area (Å²) in [6.45, 7) is 2.04. The highest BCUT2D eigenvalue weighted by molar-refractivity contribution is 5.92. The predicted octanol–water partition coefficient (Wildman–Crippen LogP) is 2.86. The van der Waals surface area contributed by atoms with Gasteiger partial charge in [-0.15, -0.1) is 0 Å². The average molecular weight is 274 g/mol. The Bertz CT molecular complexity index is 550. The van der Waals surface area contributed by atoms with E-state index in [2.05, 4.69) is 0 Å². The molecule has 0 bridgehead atoms. The van der Waals surface area contributed by atoms with E-state index in [1.54, 1.807) is 30.1 Å². The number of benzene rings is 1. The average Bonchev–Trinajstić information content (AvgIpc) is 3.27. The van der Waals surface area contributed by atoms with Gasteiger partial charge in [0.1, 0.15) is 0 Å². The minimum atomic E-state index is -0.444. The second-order valence-electron chi connectivity index (χ2n) is 5.18. The maximum Gasteiger partial charge on any atom is 0.276 e. The lowest BCUT2D eigenvalue weighted by atomic mass is 10.1. The summed E-state index contributed by atoms with van der Waals surface area (Å²) >= 11 is 0. The Morgan fingerprint density at radius 1 is 1.45 bits per heavy atom. The van der Waals surface area contributed by atoms with Gasteiger partial charge in [-0.1, -0.05) is 12.1 Å². The zero-order valence-electron chi connectivity index (χ0n) is 11.7. The Labute approximate surface area is 118 Å². The van der Waals surface area contributed by atoms with Crippen LogP contribution in [0.2, 0.25) is 0 Å². The van der Waals surface area contributed by atoms with Gasteiger partial charge in [0, 0.05) is 25.2 Å². The number of hydrogen-bond acceptors (Lipinski definition) is 3. The maximum absolute atomic E-state index is 12.0. The van der Waals surface area contributed by atoms with Gasteiger partial charge in [-0.3, -0.25) is 14.9 Å². The van der Waals surface area contributed by atoms with Crippen molar-refractivity contribution in [2.45, 2.75) is 25.8 Å². The van der Waals surface area contributed by atoms with Gasteiger partial charge in [-0.2, -0.15) is 0 Å². The van der Waals surface area contributed by atoms with Crippen LogP contribution in [0.1, 0.15) is 25.3 Å². The highest BCUT2D eigenvalue weighted by Gasteiger charge is 2.31. The number of amides is 1. The van der Waals surface area contributed by atoms with Crippen molar-refractivity contribution in [2.24, 2.45) is 5.92 Å². The molecule has 0 N–H and O–H groups in total. The van der Waals surface area contributed by atoms with Gasteiger partial charge in [0.05, 0.1) is 10.5 Å². The molecule has 1 fully saturated rings. The van der Waals surface area contributed by atoms with Crippen molar-refractivity contribution >= 4 is 17.7 Å². The minimum Gasteiger partial charge on any atom is -0.339 e. The summed E-state index contributed by atoms with van der Waals surface area (Å²) in [7, 11) is 1.77. The molecule has 1 aliphatic rings. The van der Waals surface area contributed by atoms with E-state index in [9.17, 15) is 14.9 Å². The first kappa shape index (κ1) is 14.2. The SMILES string of the molecule is CC(C1CC1)N(C)C(=O)/C=C/c1ccccc1[N+](=O)[O-]. The normalized spacial score (nSPS) is 16.1. The standard InChI is InChI=1S/C15H18N2O3/c1-11(12-7-8-12)16(2)15(18)10-9-13-5-3-4-6-14(13)17(19)20/h3-6,9-12H,7-8H2,1-2H3/b10-9+. The number of carbonyl (C=O) groups excluding carboxylic acids is 1. The number of carbonyl (C=O) groups is 1. The highest BCUT2D eigenvalue weighted by atomic mass is 16.6. The van der Waals surface area contributed by atoms with Crippen molar-refractivity contribution in [1.82, 2.24) is 4.90 Å². The Balaban J connectivity index is 2.08. The van der Waals surface area contributed by atoms with Gasteiger partial charge in [-0.25, -0.2) is 0 Å². The van der Waals surface area contributed by atoms with Crippen LogP contribution in [0.25, 0.3) is 6.08 Å². The molecule has 1 saturated carbocycles. The summed E-state index contributed by atoms with van der Waals surface area (Å²) in [6, 6.07) is 6.61. The van der Waals surface area contributed by atoms with E-state index < -0.39 is 4.92 Å². The smallest absolute Gasteiger partial charge is 0.276 e. The third-order valence-electron chi connectivity index (χ3n) is 3.80. The summed E-state index contributed by atoms with van der Waals surface area (Å²) in [5, 5.41) is 10.9. The lowest BCUT2D eigenvalue weighted by Gasteiger charge is -2.23. The molecule has 5 nitrogen and oxygen atoms in total. The number of nitrogens with zero attached hydrogens (tertiary/aromatic N) is 2. The summed E-state index contributed by atoms with van der Waals surface area (Å²) < 4.78 is 0. The molecule has 1 aromatic rings. The van der Waals surface area contributed by atoms with Crippen molar-refractivity contribution in [3.63, 3.8) is 0 Å². The third kappa shape index (κ3) is 3.23.